The minimum absolute atomic E-state index is 0.324. The summed E-state index contributed by atoms with van der Waals surface area (Å²) in [6.45, 7) is 13.8. The predicted octanol–water partition coefficient (Wildman–Crippen LogP) is 8.00. The van der Waals surface area contributed by atoms with Gasteiger partial charge in [0.05, 0.1) is 25.9 Å². The molecule has 3 heterocycles. The highest BCUT2D eigenvalue weighted by molar-refractivity contribution is 6.00. The van der Waals surface area contributed by atoms with Crippen molar-refractivity contribution in [2.24, 2.45) is 4.99 Å². The summed E-state index contributed by atoms with van der Waals surface area (Å²) in [6.07, 6.45) is 8.18. The van der Waals surface area contributed by atoms with E-state index >= 15 is 0 Å². The van der Waals surface area contributed by atoms with E-state index < -0.39 is 0 Å². The van der Waals surface area contributed by atoms with Gasteiger partial charge in [-0.15, -0.1) is 0 Å². The van der Waals surface area contributed by atoms with Gasteiger partial charge in [-0.05, 0) is 106 Å². The lowest BCUT2D eigenvalue weighted by molar-refractivity contribution is 0.205. The van der Waals surface area contributed by atoms with Crippen molar-refractivity contribution < 1.29 is 14.2 Å². The smallest absolute Gasteiger partial charge is 0.147 e. The Balaban J connectivity index is 1.17. The number of fused-ring (bicyclic) bond motifs is 1. The van der Waals surface area contributed by atoms with E-state index in [9.17, 15) is 0 Å². The number of anilines is 1. The Morgan fingerprint density at radius 1 is 0.717 bits per heavy atom. The first-order chi connectivity index (χ1) is 22.6. The van der Waals surface area contributed by atoms with Crippen molar-refractivity contribution >= 4 is 11.5 Å². The van der Waals surface area contributed by atoms with Crippen LogP contribution in [0, 0.1) is 6.92 Å². The first kappa shape index (κ1) is 31.7. The molecule has 1 aromatic heterocycles. The van der Waals surface area contributed by atoms with Gasteiger partial charge in [-0.2, -0.15) is 0 Å². The monoisotopic (exact) mass is 620 g/mol. The molecular formula is C39H48N4O3. The van der Waals surface area contributed by atoms with Crippen LogP contribution in [0.3, 0.4) is 0 Å². The molecule has 1 fully saturated rings. The van der Waals surface area contributed by atoms with Crippen molar-refractivity contribution in [3.05, 3.63) is 101 Å². The maximum Gasteiger partial charge on any atom is 0.147 e. The average molecular weight is 621 g/mol. The lowest BCUT2D eigenvalue weighted by atomic mass is 9.99. The number of amidine groups is 1. The van der Waals surface area contributed by atoms with Gasteiger partial charge < -0.3 is 23.7 Å². The molecule has 0 spiro atoms. The summed E-state index contributed by atoms with van der Waals surface area (Å²) in [7, 11) is 0. The molecule has 4 aromatic rings. The SMILES string of the molecule is CCOc1cc(CN2C(=NC3CCN(Cc4cc(OCC)c(-n5cccc5)c(OCC)c4)CC3)CCc3ccccc32)ccc1C. The highest BCUT2D eigenvalue weighted by Gasteiger charge is 2.26. The number of likely N-dealkylation sites (tertiary alicyclic amines) is 1. The fourth-order valence-corrected chi connectivity index (χ4v) is 6.73. The molecule has 0 aliphatic carbocycles. The van der Waals surface area contributed by atoms with E-state index in [4.69, 9.17) is 19.2 Å². The minimum atomic E-state index is 0.324. The van der Waals surface area contributed by atoms with E-state index in [1.54, 1.807) is 0 Å². The molecule has 2 aliphatic heterocycles. The van der Waals surface area contributed by atoms with Crippen LogP contribution in [0.25, 0.3) is 5.69 Å². The molecule has 0 unspecified atom stereocenters. The van der Waals surface area contributed by atoms with Crippen LogP contribution >= 0.6 is 0 Å². The van der Waals surface area contributed by atoms with Crippen molar-refractivity contribution in [2.45, 2.75) is 72.5 Å². The van der Waals surface area contributed by atoms with Crippen molar-refractivity contribution in [1.82, 2.24) is 9.47 Å². The lowest BCUT2D eigenvalue weighted by Crippen LogP contribution is -2.39. The van der Waals surface area contributed by atoms with Gasteiger partial charge in [0.1, 0.15) is 28.8 Å². The molecule has 0 N–H and O–H groups in total. The zero-order valence-electron chi connectivity index (χ0n) is 27.9. The normalized spacial score (nSPS) is 16.4. The molecule has 0 amide bonds. The van der Waals surface area contributed by atoms with Gasteiger partial charge in [-0.1, -0.05) is 30.3 Å². The standard InChI is InChI=1S/C39H48N4O3/c1-5-44-35-24-30(15-14-29(35)4)28-43-34-13-9-8-12-32(34)16-17-38(43)40-33-18-22-41(23-19-33)27-31-25-36(45-6-2)39(37(26-31)46-7-3)42-20-10-11-21-42/h8-15,20-21,24-26,33H,5-7,16-19,22-23,27-28H2,1-4H3. The molecular weight excluding hydrogens is 572 g/mol. The van der Waals surface area contributed by atoms with Crippen LogP contribution in [0.1, 0.15) is 62.3 Å². The van der Waals surface area contributed by atoms with Crippen LogP contribution in [-0.4, -0.2) is 54.3 Å². The second kappa shape index (κ2) is 14.9. The van der Waals surface area contributed by atoms with Crippen LogP contribution in [0.5, 0.6) is 17.2 Å². The van der Waals surface area contributed by atoms with E-state index in [-0.39, 0.29) is 0 Å². The van der Waals surface area contributed by atoms with Gasteiger partial charge in [0.15, 0.2) is 0 Å². The molecule has 6 rings (SSSR count). The molecule has 1 saturated heterocycles. The molecule has 46 heavy (non-hydrogen) atoms. The maximum absolute atomic E-state index is 6.13. The number of aliphatic imine (C=N–C) groups is 1. The number of benzene rings is 3. The summed E-state index contributed by atoms with van der Waals surface area (Å²) < 4.78 is 20.3. The second-order valence-corrected chi connectivity index (χ2v) is 12.2. The largest absolute Gasteiger partial charge is 0.494 e. The van der Waals surface area contributed by atoms with E-state index in [0.717, 1.165) is 74.8 Å². The van der Waals surface area contributed by atoms with Gasteiger partial charge in [-0.3, -0.25) is 9.89 Å². The molecule has 7 heteroatoms. The van der Waals surface area contributed by atoms with Crippen molar-refractivity contribution in [3.63, 3.8) is 0 Å². The predicted molar refractivity (Wildman–Crippen MR) is 187 cm³/mol. The van der Waals surface area contributed by atoms with Crippen molar-refractivity contribution in [1.29, 1.82) is 0 Å². The van der Waals surface area contributed by atoms with Gasteiger partial charge in [0.2, 0.25) is 0 Å². The Hall–Kier alpha value is -4.23. The molecule has 0 atom stereocenters. The Morgan fingerprint density at radius 2 is 1.37 bits per heavy atom. The Kier molecular flexibility index (Phi) is 10.3. The van der Waals surface area contributed by atoms with E-state index in [0.29, 0.717) is 25.9 Å². The first-order valence-electron chi connectivity index (χ1n) is 17.0. The van der Waals surface area contributed by atoms with Crippen LogP contribution in [0.4, 0.5) is 5.69 Å². The summed E-state index contributed by atoms with van der Waals surface area (Å²) in [6, 6.07) is 24.2. The summed E-state index contributed by atoms with van der Waals surface area (Å²) in [5, 5.41) is 0. The fourth-order valence-electron chi connectivity index (χ4n) is 6.73. The van der Waals surface area contributed by atoms with Crippen molar-refractivity contribution in [3.8, 4) is 22.9 Å². The van der Waals surface area contributed by atoms with Crippen LogP contribution in [-0.2, 0) is 19.5 Å². The Labute approximate surface area is 274 Å². The number of aryl methyl sites for hydroxylation is 2. The lowest BCUT2D eigenvalue weighted by Gasteiger charge is -2.35. The summed E-state index contributed by atoms with van der Waals surface area (Å²) in [5.41, 5.74) is 7.27. The second-order valence-electron chi connectivity index (χ2n) is 12.2. The molecule has 0 bridgehead atoms. The number of ether oxygens (including phenoxy) is 3. The van der Waals surface area contributed by atoms with Crippen LogP contribution in [0.2, 0.25) is 0 Å². The van der Waals surface area contributed by atoms with E-state index in [1.165, 1.54) is 33.8 Å². The van der Waals surface area contributed by atoms with Crippen LogP contribution in [0.15, 0.2) is 84.1 Å². The summed E-state index contributed by atoms with van der Waals surface area (Å²) in [5.74, 6) is 3.90. The summed E-state index contributed by atoms with van der Waals surface area (Å²) in [4.78, 5) is 10.4. The van der Waals surface area contributed by atoms with Gasteiger partial charge >= 0.3 is 0 Å². The molecule has 0 saturated carbocycles. The molecule has 2 aliphatic rings. The quantitative estimate of drug-likeness (QED) is 0.161. The average Bonchev–Trinajstić information content (AvgIpc) is 3.60. The third-order valence-electron chi connectivity index (χ3n) is 8.96. The molecule has 0 radical (unpaired) electrons. The zero-order valence-corrected chi connectivity index (χ0v) is 27.9. The van der Waals surface area contributed by atoms with E-state index in [2.05, 4.69) is 75.9 Å². The zero-order chi connectivity index (χ0) is 31.9. The van der Waals surface area contributed by atoms with Gasteiger partial charge in [-0.25, -0.2) is 0 Å². The summed E-state index contributed by atoms with van der Waals surface area (Å²) >= 11 is 0. The maximum atomic E-state index is 6.13. The highest BCUT2D eigenvalue weighted by atomic mass is 16.5. The topological polar surface area (TPSA) is 51.5 Å². The number of nitrogens with zero attached hydrogens (tertiary/aromatic N) is 4. The molecule has 7 nitrogen and oxygen atoms in total. The number of rotatable bonds is 12. The van der Waals surface area contributed by atoms with Crippen LogP contribution < -0.4 is 19.1 Å². The number of para-hydroxylation sites is 1. The third kappa shape index (κ3) is 7.26. The van der Waals surface area contributed by atoms with E-state index in [1.807, 2.05) is 45.3 Å². The third-order valence-corrected chi connectivity index (χ3v) is 8.96. The number of piperidine rings is 1. The Bertz CT molecular complexity index is 1600. The molecule has 242 valence electrons. The number of hydrogen-bond acceptors (Lipinski definition) is 5. The fraction of sp³-hybridized carbons (Fsp3) is 0.410. The highest BCUT2D eigenvalue weighted by Crippen LogP contribution is 2.36. The Morgan fingerprint density at radius 3 is 2.07 bits per heavy atom. The number of aromatic nitrogens is 1. The van der Waals surface area contributed by atoms with Gasteiger partial charge in [0, 0.05) is 50.7 Å². The van der Waals surface area contributed by atoms with Gasteiger partial charge in [0.25, 0.3) is 0 Å². The number of hydrogen-bond donors (Lipinski definition) is 0. The minimum Gasteiger partial charge on any atom is -0.494 e. The first-order valence-corrected chi connectivity index (χ1v) is 17.0. The molecule has 3 aromatic carbocycles. The van der Waals surface area contributed by atoms with Crippen molar-refractivity contribution in [2.75, 3.05) is 37.8 Å².